The number of amides is 1. The van der Waals surface area contributed by atoms with Crippen LogP contribution in [0.1, 0.15) is 22.1 Å². The molecule has 0 aliphatic rings. The molecule has 0 aliphatic heterocycles. The summed E-state index contributed by atoms with van der Waals surface area (Å²) in [5.41, 5.74) is 1.25. The summed E-state index contributed by atoms with van der Waals surface area (Å²) in [4.78, 5) is 15.7. The number of halogens is 2. The van der Waals surface area contributed by atoms with Crippen LogP contribution >= 0.6 is 0 Å². The fourth-order valence-electron chi connectivity index (χ4n) is 1.67. The highest BCUT2D eigenvalue weighted by molar-refractivity contribution is 5.94. The summed E-state index contributed by atoms with van der Waals surface area (Å²) in [5, 5.41) is 6.09. The normalized spacial score (nSPS) is 10.5. The minimum absolute atomic E-state index is 0.147. The predicted octanol–water partition coefficient (Wildman–Crippen LogP) is 0.914. The average molecular weight is 297 g/mol. The molecule has 0 unspecified atom stereocenters. The van der Waals surface area contributed by atoms with Gasteiger partial charge < -0.3 is 15.3 Å². The van der Waals surface area contributed by atoms with E-state index in [1.807, 2.05) is 5.43 Å². The summed E-state index contributed by atoms with van der Waals surface area (Å²) in [6.07, 6.45) is 0.319. The van der Waals surface area contributed by atoms with Gasteiger partial charge in [0.25, 0.3) is 5.91 Å². The summed E-state index contributed by atoms with van der Waals surface area (Å²) >= 11 is 0. The van der Waals surface area contributed by atoms with E-state index in [9.17, 15) is 13.6 Å². The zero-order valence-electron chi connectivity index (χ0n) is 11.1. The van der Waals surface area contributed by atoms with Crippen LogP contribution in [0.2, 0.25) is 0 Å². The van der Waals surface area contributed by atoms with Gasteiger partial charge in [-0.25, -0.2) is 8.78 Å². The Morgan fingerprint density at radius 2 is 2.05 bits per heavy atom. The van der Waals surface area contributed by atoms with Gasteiger partial charge in [-0.1, -0.05) is 5.16 Å². The van der Waals surface area contributed by atoms with Gasteiger partial charge >= 0.3 is 0 Å². The number of carbonyl (C=O) groups is 1. The molecule has 0 aliphatic carbocycles. The van der Waals surface area contributed by atoms with Crippen LogP contribution < -0.4 is 16.6 Å². The monoisotopic (exact) mass is 297 g/mol. The predicted molar refractivity (Wildman–Crippen MR) is 69.2 cm³/mol. The number of hydrogen-bond donors (Lipinski definition) is 3. The number of carbonyl (C=O) groups excluding carboxylic acids is 1. The van der Waals surface area contributed by atoms with Crippen molar-refractivity contribution < 1.29 is 18.1 Å². The number of hydrazine groups is 1. The Morgan fingerprint density at radius 1 is 1.38 bits per heavy atom. The van der Waals surface area contributed by atoms with Crippen LogP contribution in [-0.4, -0.2) is 22.6 Å². The molecule has 9 heteroatoms. The number of hydrogen-bond acceptors (Lipinski definition) is 6. The van der Waals surface area contributed by atoms with Crippen LogP contribution in [0, 0.1) is 18.6 Å². The number of anilines is 1. The fourth-order valence-corrected chi connectivity index (χ4v) is 1.67. The quantitative estimate of drug-likeness (QED) is 0.559. The van der Waals surface area contributed by atoms with Crippen molar-refractivity contribution in [1.29, 1.82) is 0 Å². The van der Waals surface area contributed by atoms with Gasteiger partial charge in [-0.05, 0) is 19.1 Å². The van der Waals surface area contributed by atoms with E-state index in [0.29, 0.717) is 18.1 Å². The standard InChI is InChI=1S/C12H13F2N5O2/c1-6-17-10(21-19-6)2-3-16-12(20)7-4-8(13)11(18-15)9(14)5-7/h4-5,18H,2-3,15H2,1H3,(H,16,20). The first-order valence-corrected chi connectivity index (χ1v) is 6.04. The Morgan fingerprint density at radius 3 is 2.57 bits per heavy atom. The van der Waals surface area contributed by atoms with E-state index in [1.165, 1.54) is 0 Å². The summed E-state index contributed by atoms with van der Waals surface area (Å²) in [6.45, 7) is 1.87. The van der Waals surface area contributed by atoms with Crippen molar-refractivity contribution in [2.24, 2.45) is 5.84 Å². The van der Waals surface area contributed by atoms with Crippen molar-refractivity contribution in [2.45, 2.75) is 13.3 Å². The van der Waals surface area contributed by atoms with E-state index >= 15 is 0 Å². The molecule has 0 bridgehead atoms. The number of aryl methyl sites for hydroxylation is 1. The first-order valence-electron chi connectivity index (χ1n) is 6.04. The SMILES string of the molecule is Cc1noc(CCNC(=O)c2cc(F)c(NN)c(F)c2)n1. The highest BCUT2D eigenvalue weighted by Crippen LogP contribution is 2.19. The van der Waals surface area contributed by atoms with E-state index in [2.05, 4.69) is 15.5 Å². The summed E-state index contributed by atoms with van der Waals surface area (Å²) in [7, 11) is 0. The first kappa shape index (κ1) is 14.9. The van der Waals surface area contributed by atoms with Gasteiger partial charge in [0.1, 0.15) is 5.69 Å². The smallest absolute Gasteiger partial charge is 0.251 e. The number of benzene rings is 1. The minimum atomic E-state index is -0.949. The molecule has 112 valence electrons. The van der Waals surface area contributed by atoms with Crippen molar-refractivity contribution in [1.82, 2.24) is 15.5 Å². The number of rotatable bonds is 5. The van der Waals surface area contributed by atoms with Gasteiger partial charge in [0, 0.05) is 18.5 Å². The lowest BCUT2D eigenvalue weighted by atomic mass is 10.1. The van der Waals surface area contributed by atoms with Gasteiger partial charge in [0.15, 0.2) is 17.5 Å². The van der Waals surface area contributed by atoms with E-state index in [1.54, 1.807) is 6.92 Å². The van der Waals surface area contributed by atoms with E-state index in [4.69, 9.17) is 10.4 Å². The van der Waals surface area contributed by atoms with E-state index in [-0.39, 0.29) is 12.1 Å². The second-order valence-corrected chi connectivity index (χ2v) is 4.20. The lowest BCUT2D eigenvalue weighted by Gasteiger charge is -2.07. The Labute approximate surface area is 118 Å². The fraction of sp³-hybridized carbons (Fsp3) is 0.250. The zero-order valence-corrected chi connectivity index (χ0v) is 11.1. The van der Waals surface area contributed by atoms with Crippen molar-refractivity contribution >= 4 is 11.6 Å². The number of nitrogens with one attached hydrogen (secondary N) is 2. The van der Waals surface area contributed by atoms with Gasteiger partial charge in [-0.3, -0.25) is 10.6 Å². The van der Waals surface area contributed by atoms with Crippen LogP contribution in [0.15, 0.2) is 16.7 Å². The van der Waals surface area contributed by atoms with Gasteiger partial charge in [-0.2, -0.15) is 4.98 Å². The number of nitrogens with zero attached hydrogens (tertiary/aromatic N) is 2. The van der Waals surface area contributed by atoms with Crippen molar-refractivity contribution in [3.05, 3.63) is 41.0 Å². The molecule has 0 saturated heterocycles. The zero-order chi connectivity index (χ0) is 15.4. The molecule has 0 spiro atoms. The van der Waals surface area contributed by atoms with E-state index in [0.717, 1.165) is 12.1 Å². The molecule has 1 heterocycles. The third-order valence-corrected chi connectivity index (χ3v) is 2.64. The van der Waals surface area contributed by atoms with Crippen LogP contribution in [0.25, 0.3) is 0 Å². The summed E-state index contributed by atoms with van der Waals surface area (Å²) < 4.78 is 31.8. The maximum Gasteiger partial charge on any atom is 0.251 e. The molecule has 21 heavy (non-hydrogen) atoms. The number of nitrogen functional groups attached to an aromatic ring is 1. The number of aromatic nitrogens is 2. The Hall–Kier alpha value is -2.55. The van der Waals surface area contributed by atoms with Crippen LogP contribution in [0.5, 0.6) is 0 Å². The summed E-state index contributed by atoms with van der Waals surface area (Å²) in [6, 6.07) is 1.79. The Balaban J connectivity index is 1.97. The molecule has 4 N–H and O–H groups in total. The van der Waals surface area contributed by atoms with Gasteiger partial charge in [0.05, 0.1) is 0 Å². The lowest BCUT2D eigenvalue weighted by molar-refractivity contribution is 0.0952. The third-order valence-electron chi connectivity index (χ3n) is 2.64. The molecule has 0 atom stereocenters. The highest BCUT2D eigenvalue weighted by Gasteiger charge is 2.14. The molecule has 2 rings (SSSR count). The van der Waals surface area contributed by atoms with Gasteiger partial charge in [0.2, 0.25) is 5.89 Å². The molecule has 2 aromatic rings. The molecule has 0 saturated carbocycles. The maximum absolute atomic E-state index is 13.5. The molecule has 1 aromatic carbocycles. The molecule has 1 aromatic heterocycles. The molecule has 7 nitrogen and oxygen atoms in total. The summed E-state index contributed by atoms with van der Waals surface area (Å²) in [5.74, 6) is 3.31. The highest BCUT2D eigenvalue weighted by atomic mass is 19.1. The van der Waals surface area contributed by atoms with Crippen molar-refractivity contribution in [2.75, 3.05) is 12.0 Å². The molecule has 1 amide bonds. The Kier molecular flexibility index (Phi) is 4.43. The average Bonchev–Trinajstić information content (AvgIpc) is 2.84. The maximum atomic E-state index is 13.5. The largest absolute Gasteiger partial charge is 0.352 e. The van der Waals surface area contributed by atoms with Crippen molar-refractivity contribution in [3.63, 3.8) is 0 Å². The molecular formula is C12H13F2N5O2. The minimum Gasteiger partial charge on any atom is -0.352 e. The first-order chi connectivity index (χ1) is 10.0. The second kappa shape index (κ2) is 6.27. The lowest BCUT2D eigenvalue weighted by Crippen LogP contribution is -2.26. The molecule has 0 radical (unpaired) electrons. The van der Waals surface area contributed by atoms with Crippen LogP contribution in [-0.2, 0) is 6.42 Å². The van der Waals surface area contributed by atoms with E-state index < -0.39 is 23.2 Å². The van der Waals surface area contributed by atoms with Crippen molar-refractivity contribution in [3.8, 4) is 0 Å². The topological polar surface area (TPSA) is 106 Å². The third kappa shape index (κ3) is 3.51. The second-order valence-electron chi connectivity index (χ2n) is 4.20. The molecular weight excluding hydrogens is 284 g/mol. The molecule has 0 fully saturated rings. The van der Waals surface area contributed by atoms with Crippen LogP contribution in [0.3, 0.4) is 0 Å². The van der Waals surface area contributed by atoms with Gasteiger partial charge in [-0.15, -0.1) is 0 Å². The Bertz CT molecular complexity index is 636. The number of nitrogens with two attached hydrogens (primary N) is 1. The van der Waals surface area contributed by atoms with Crippen LogP contribution in [0.4, 0.5) is 14.5 Å².